The van der Waals surface area contributed by atoms with Crippen LogP contribution in [0.15, 0.2) is 18.5 Å². The normalized spacial score (nSPS) is 21.0. The molecule has 2 fully saturated rings. The zero-order valence-corrected chi connectivity index (χ0v) is 13.8. The molecule has 1 saturated heterocycles. The van der Waals surface area contributed by atoms with Crippen LogP contribution >= 0.6 is 0 Å². The van der Waals surface area contributed by atoms with E-state index in [0.29, 0.717) is 12.6 Å². The van der Waals surface area contributed by atoms with Gasteiger partial charge in [-0.25, -0.2) is 9.97 Å². The molecule has 6 heteroatoms. The van der Waals surface area contributed by atoms with Gasteiger partial charge in [-0.3, -0.25) is 9.69 Å². The molecule has 0 bridgehead atoms. The molecule has 1 aromatic heterocycles. The van der Waals surface area contributed by atoms with E-state index >= 15 is 0 Å². The van der Waals surface area contributed by atoms with E-state index in [2.05, 4.69) is 25.1 Å². The van der Waals surface area contributed by atoms with Crippen LogP contribution in [0.25, 0.3) is 0 Å². The number of hydrogen-bond acceptors (Lipinski definition) is 5. The highest BCUT2D eigenvalue weighted by molar-refractivity contribution is 5.78. The number of hydrogen-bond donors (Lipinski definition) is 1. The van der Waals surface area contributed by atoms with E-state index in [1.165, 1.54) is 25.7 Å². The van der Waals surface area contributed by atoms with Gasteiger partial charge in [0.05, 0.1) is 6.54 Å². The maximum absolute atomic E-state index is 12.3. The van der Waals surface area contributed by atoms with Crippen LogP contribution in [-0.2, 0) is 4.79 Å². The minimum Gasteiger partial charge on any atom is -0.352 e. The summed E-state index contributed by atoms with van der Waals surface area (Å²) in [6.07, 6.45) is 11.0. The quantitative estimate of drug-likeness (QED) is 0.852. The summed E-state index contributed by atoms with van der Waals surface area (Å²) in [5, 5.41) is 3.23. The van der Waals surface area contributed by atoms with E-state index in [4.69, 9.17) is 0 Å². The number of piperazine rings is 1. The van der Waals surface area contributed by atoms with Crippen LogP contribution in [0.4, 0.5) is 5.95 Å². The summed E-state index contributed by atoms with van der Waals surface area (Å²) >= 11 is 0. The molecule has 1 saturated carbocycles. The highest BCUT2D eigenvalue weighted by Gasteiger charge is 2.21. The van der Waals surface area contributed by atoms with Crippen LogP contribution < -0.4 is 10.2 Å². The first-order chi connectivity index (χ1) is 11.3. The third-order valence-electron chi connectivity index (χ3n) is 4.79. The van der Waals surface area contributed by atoms with Gasteiger partial charge in [-0.2, -0.15) is 0 Å². The molecule has 0 spiro atoms. The number of carbonyl (C=O) groups excluding carboxylic acids is 1. The SMILES string of the molecule is O=C(CN1CCN(c2ncccn2)CC1)NC1CCCCCC1. The Morgan fingerprint density at radius 1 is 1.04 bits per heavy atom. The molecule has 1 aliphatic carbocycles. The Hall–Kier alpha value is -1.69. The number of nitrogens with zero attached hydrogens (tertiary/aromatic N) is 4. The fourth-order valence-corrected chi connectivity index (χ4v) is 3.46. The topological polar surface area (TPSA) is 61.4 Å². The predicted molar refractivity (Wildman–Crippen MR) is 90.3 cm³/mol. The van der Waals surface area contributed by atoms with Crippen molar-refractivity contribution < 1.29 is 4.79 Å². The van der Waals surface area contributed by atoms with Crippen molar-refractivity contribution >= 4 is 11.9 Å². The lowest BCUT2D eigenvalue weighted by Crippen LogP contribution is -2.50. The van der Waals surface area contributed by atoms with E-state index in [0.717, 1.165) is 45.0 Å². The monoisotopic (exact) mass is 317 g/mol. The van der Waals surface area contributed by atoms with Gasteiger partial charge in [0, 0.05) is 44.6 Å². The van der Waals surface area contributed by atoms with Gasteiger partial charge in [0.15, 0.2) is 0 Å². The number of rotatable bonds is 4. The standard InChI is InChI=1S/C17H27N5O/c23-16(20-15-6-3-1-2-4-7-15)14-21-10-12-22(13-11-21)17-18-8-5-9-19-17/h5,8-9,15H,1-4,6-7,10-14H2,(H,20,23). The van der Waals surface area contributed by atoms with Crippen LogP contribution in [0.1, 0.15) is 38.5 Å². The second kappa shape index (κ2) is 8.24. The van der Waals surface area contributed by atoms with Crippen molar-refractivity contribution in [3.05, 3.63) is 18.5 Å². The molecule has 0 atom stereocenters. The summed E-state index contributed by atoms with van der Waals surface area (Å²) in [6.45, 7) is 4.04. The van der Waals surface area contributed by atoms with Gasteiger partial charge in [0.2, 0.25) is 11.9 Å². The fraction of sp³-hybridized carbons (Fsp3) is 0.706. The van der Waals surface area contributed by atoms with Gasteiger partial charge in [-0.1, -0.05) is 25.7 Å². The number of aromatic nitrogens is 2. The third kappa shape index (κ3) is 4.89. The maximum atomic E-state index is 12.3. The molecule has 3 rings (SSSR count). The first-order valence-electron chi connectivity index (χ1n) is 8.85. The van der Waals surface area contributed by atoms with Crippen LogP contribution in [0, 0.1) is 0 Å². The molecule has 23 heavy (non-hydrogen) atoms. The molecule has 1 aromatic rings. The average Bonchev–Trinajstić information content (AvgIpc) is 2.85. The molecule has 1 N–H and O–H groups in total. The first kappa shape index (κ1) is 16.2. The van der Waals surface area contributed by atoms with Crippen LogP contribution in [0.2, 0.25) is 0 Å². The van der Waals surface area contributed by atoms with E-state index in [-0.39, 0.29) is 5.91 Å². The van der Waals surface area contributed by atoms with Crippen molar-refractivity contribution in [3.63, 3.8) is 0 Å². The van der Waals surface area contributed by atoms with Gasteiger partial charge in [0.1, 0.15) is 0 Å². The average molecular weight is 317 g/mol. The second-order valence-corrected chi connectivity index (χ2v) is 6.57. The predicted octanol–water partition coefficient (Wildman–Crippen LogP) is 1.44. The summed E-state index contributed by atoms with van der Waals surface area (Å²) in [6, 6.07) is 2.22. The number of amides is 1. The van der Waals surface area contributed by atoms with E-state index < -0.39 is 0 Å². The molecule has 0 unspecified atom stereocenters. The van der Waals surface area contributed by atoms with Crippen molar-refractivity contribution in [2.24, 2.45) is 0 Å². The Labute approximate surface area is 138 Å². The lowest BCUT2D eigenvalue weighted by Gasteiger charge is -2.34. The van der Waals surface area contributed by atoms with Crippen molar-refractivity contribution in [1.82, 2.24) is 20.2 Å². The largest absolute Gasteiger partial charge is 0.352 e. The Bertz CT molecular complexity index is 479. The molecular formula is C17H27N5O. The summed E-state index contributed by atoms with van der Waals surface area (Å²) in [4.78, 5) is 25.2. The summed E-state index contributed by atoms with van der Waals surface area (Å²) in [7, 11) is 0. The summed E-state index contributed by atoms with van der Waals surface area (Å²) in [5.41, 5.74) is 0. The van der Waals surface area contributed by atoms with E-state index in [1.54, 1.807) is 12.4 Å². The van der Waals surface area contributed by atoms with E-state index in [1.807, 2.05) is 6.07 Å². The molecule has 0 radical (unpaired) electrons. The minimum absolute atomic E-state index is 0.182. The molecule has 0 aromatic carbocycles. The van der Waals surface area contributed by atoms with Gasteiger partial charge < -0.3 is 10.2 Å². The Morgan fingerprint density at radius 2 is 1.70 bits per heavy atom. The lowest BCUT2D eigenvalue weighted by atomic mass is 10.1. The van der Waals surface area contributed by atoms with Gasteiger partial charge in [-0.15, -0.1) is 0 Å². The van der Waals surface area contributed by atoms with Crippen molar-refractivity contribution in [3.8, 4) is 0 Å². The molecule has 126 valence electrons. The molecule has 2 aliphatic rings. The highest BCUT2D eigenvalue weighted by Crippen LogP contribution is 2.17. The van der Waals surface area contributed by atoms with E-state index in [9.17, 15) is 4.79 Å². The molecule has 2 heterocycles. The Kier molecular flexibility index (Phi) is 5.80. The molecular weight excluding hydrogens is 290 g/mol. The Balaban J connectivity index is 1.40. The third-order valence-corrected chi connectivity index (χ3v) is 4.79. The zero-order valence-electron chi connectivity index (χ0n) is 13.8. The smallest absolute Gasteiger partial charge is 0.234 e. The Morgan fingerprint density at radius 3 is 2.35 bits per heavy atom. The molecule has 6 nitrogen and oxygen atoms in total. The van der Waals surface area contributed by atoms with Crippen LogP contribution in [0.5, 0.6) is 0 Å². The number of nitrogens with one attached hydrogen (secondary N) is 1. The van der Waals surface area contributed by atoms with Gasteiger partial charge in [-0.05, 0) is 18.9 Å². The maximum Gasteiger partial charge on any atom is 0.234 e. The number of carbonyl (C=O) groups is 1. The van der Waals surface area contributed by atoms with Crippen molar-refractivity contribution in [1.29, 1.82) is 0 Å². The molecule has 1 aliphatic heterocycles. The van der Waals surface area contributed by atoms with Crippen molar-refractivity contribution in [2.45, 2.75) is 44.6 Å². The zero-order chi connectivity index (χ0) is 15.9. The second-order valence-electron chi connectivity index (χ2n) is 6.57. The summed E-state index contributed by atoms with van der Waals surface area (Å²) < 4.78 is 0. The van der Waals surface area contributed by atoms with Crippen molar-refractivity contribution in [2.75, 3.05) is 37.6 Å². The summed E-state index contributed by atoms with van der Waals surface area (Å²) in [5.74, 6) is 0.969. The minimum atomic E-state index is 0.182. The van der Waals surface area contributed by atoms with Gasteiger partial charge in [0.25, 0.3) is 0 Å². The van der Waals surface area contributed by atoms with Crippen LogP contribution in [-0.4, -0.2) is 59.5 Å². The highest BCUT2D eigenvalue weighted by atomic mass is 16.2. The van der Waals surface area contributed by atoms with Crippen LogP contribution in [0.3, 0.4) is 0 Å². The number of anilines is 1. The first-order valence-corrected chi connectivity index (χ1v) is 8.85. The van der Waals surface area contributed by atoms with Gasteiger partial charge >= 0.3 is 0 Å². The lowest BCUT2D eigenvalue weighted by molar-refractivity contribution is -0.123. The fourth-order valence-electron chi connectivity index (χ4n) is 3.46. The molecule has 1 amide bonds.